The number of rotatable bonds is 8. The summed E-state index contributed by atoms with van der Waals surface area (Å²) in [5, 5.41) is 3.42. The van der Waals surface area contributed by atoms with Crippen molar-refractivity contribution in [2.75, 3.05) is 6.54 Å². The Bertz CT molecular complexity index is 1300. The fraction of sp³-hybridized carbons (Fsp3) is 0.143. The lowest BCUT2D eigenvalue weighted by Crippen LogP contribution is -2.30. The van der Waals surface area contributed by atoms with E-state index in [9.17, 15) is 17.6 Å². The van der Waals surface area contributed by atoms with Gasteiger partial charge in [-0.3, -0.25) is 4.79 Å². The lowest BCUT2D eigenvalue weighted by molar-refractivity contribution is -0.121. The molecular weight excluding hydrogens is 441 g/mol. The predicted octanol–water partition coefficient (Wildman–Crippen LogP) is 3.68. The van der Waals surface area contributed by atoms with Gasteiger partial charge >= 0.3 is 0 Å². The van der Waals surface area contributed by atoms with Crippen LogP contribution in [-0.2, 0) is 21.4 Å². The number of nitrogens with one attached hydrogen (secondary N) is 2. The first-order chi connectivity index (χ1) is 14.9. The summed E-state index contributed by atoms with van der Waals surface area (Å²) in [6, 6.07) is 16.4. The van der Waals surface area contributed by atoms with E-state index in [-0.39, 0.29) is 25.4 Å². The highest BCUT2D eigenvalue weighted by molar-refractivity contribution is 7.89. The summed E-state index contributed by atoms with van der Waals surface area (Å²) in [4.78, 5) is 16.1. The van der Waals surface area contributed by atoms with Crippen molar-refractivity contribution in [2.24, 2.45) is 0 Å². The normalized spacial score (nSPS) is 11.6. The molecule has 0 saturated carbocycles. The molecule has 0 aliphatic heterocycles. The van der Waals surface area contributed by atoms with Gasteiger partial charge < -0.3 is 9.73 Å². The van der Waals surface area contributed by atoms with Crippen LogP contribution in [0.5, 0.6) is 0 Å². The molecule has 31 heavy (non-hydrogen) atoms. The van der Waals surface area contributed by atoms with E-state index >= 15 is 0 Å². The SMILES string of the molecule is O=C(CCNS(=O)(=O)c1ccccc1F)NCc1ccc(-c2nc3ccccc3s2)o1. The molecular formula is C21H18FN3O4S2. The smallest absolute Gasteiger partial charge is 0.243 e. The van der Waals surface area contributed by atoms with Crippen LogP contribution in [0.2, 0.25) is 0 Å². The number of furan rings is 1. The molecule has 2 aromatic carbocycles. The third kappa shape index (κ3) is 4.98. The van der Waals surface area contributed by atoms with Gasteiger partial charge in [0.1, 0.15) is 16.5 Å². The maximum absolute atomic E-state index is 13.7. The zero-order chi connectivity index (χ0) is 21.8. The summed E-state index contributed by atoms with van der Waals surface area (Å²) in [6.45, 7) is 0.00139. The van der Waals surface area contributed by atoms with Crippen LogP contribution in [0.1, 0.15) is 12.2 Å². The number of thiazole rings is 1. The summed E-state index contributed by atoms with van der Waals surface area (Å²) in [5.74, 6) is -0.0481. The lowest BCUT2D eigenvalue weighted by Gasteiger charge is -2.07. The number of fused-ring (bicyclic) bond motifs is 1. The van der Waals surface area contributed by atoms with E-state index in [2.05, 4.69) is 15.0 Å². The minimum atomic E-state index is -4.02. The first kappa shape index (κ1) is 21.2. The van der Waals surface area contributed by atoms with Crippen molar-refractivity contribution in [1.29, 1.82) is 0 Å². The second kappa shape index (κ2) is 8.96. The molecule has 160 valence electrons. The van der Waals surface area contributed by atoms with Crippen LogP contribution >= 0.6 is 11.3 Å². The highest BCUT2D eigenvalue weighted by Gasteiger charge is 2.18. The molecule has 0 unspecified atom stereocenters. The molecule has 7 nitrogen and oxygen atoms in total. The van der Waals surface area contributed by atoms with Crippen molar-refractivity contribution in [1.82, 2.24) is 15.0 Å². The standard InChI is InChI=1S/C21H18FN3O4S2/c22-15-5-1-4-8-19(15)31(27,28)24-12-11-20(26)23-13-14-9-10-17(29-14)21-25-16-6-2-3-7-18(16)30-21/h1-10,24H,11-13H2,(H,23,26). The number of para-hydroxylation sites is 1. The summed E-state index contributed by atoms with van der Waals surface area (Å²) in [7, 11) is -4.02. The number of halogens is 1. The van der Waals surface area contributed by atoms with E-state index in [0.717, 1.165) is 27.4 Å². The van der Waals surface area contributed by atoms with E-state index in [1.165, 1.54) is 23.5 Å². The van der Waals surface area contributed by atoms with Crippen molar-refractivity contribution in [3.8, 4) is 10.8 Å². The Kier molecular flexibility index (Phi) is 6.12. The molecule has 4 aromatic rings. The number of nitrogens with zero attached hydrogens (tertiary/aromatic N) is 1. The quantitative estimate of drug-likeness (QED) is 0.419. The van der Waals surface area contributed by atoms with Crippen molar-refractivity contribution >= 4 is 37.5 Å². The fourth-order valence-corrected chi connectivity index (χ4v) is 4.92. The van der Waals surface area contributed by atoms with Crippen LogP contribution < -0.4 is 10.0 Å². The van der Waals surface area contributed by atoms with Gasteiger partial charge in [-0.05, 0) is 36.4 Å². The number of hydrogen-bond acceptors (Lipinski definition) is 6. The topological polar surface area (TPSA) is 101 Å². The third-order valence-corrected chi connectivity index (χ3v) is 6.94. The van der Waals surface area contributed by atoms with E-state index < -0.39 is 20.7 Å². The zero-order valence-electron chi connectivity index (χ0n) is 16.2. The second-order valence-corrected chi connectivity index (χ2v) is 9.37. The number of aromatic nitrogens is 1. The molecule has 2 heterocycles. The minimum Gasteiger partial charge on any atom is -0.457 e. The van der Waals surface area contributed by atoms with E-state index in [0.29, 0.717) is 11.5 Å². The third-order valence-electron chi connectivity index (χ3n) is 4.40. The van der Waals surface area contributed by atoms with E-state index in [1.807, 2.05) is 24.3 Å². The zero-order valence-corrected chi connectivity index (χ0v) is 17.8. The van der Waals surface area contributed by atoms with Crippen molar-refractivity contribution < 1.29 is 22.0 Å². The summed E-state index contributed by atoms with van der Waals surface area (Å²) in [5.41, 5.74) is 0.895. The Morgan fingerprint density at radius 1 is 1.06 bits per heavy atom. The van der Waals surface area contributed by atoms with Gasteiger partial charge in [0.25, 0.3) is 0 Å². The van der Waals surface area contributed by atoms with Gasteiger partial charge in [0.15, 0.2) is 10.8 Å². The Labute approximate surface area is 182 Å². The predicted molar refractivity (Wildman–Crippen MR) is 115 cm³/mol. The summed E-state index contributed by atoms with van der Waals surface area (Å²) < 4.78 is 46.9. The van der Waals surface area contributed by atoms with Gasteiger partial charge in [0.05, 0.1) is 16.8 Å². The molecule has 0 saturated heterocycles. The lowest BCUT2D eigenvalue weighted by atomic mass is 10.3. The molecule has 0 aliphatic rings. The highest BCUT2D eigenvalue weighted by atomic mass is 32.2. The summed E-state index contributed by atoms with van der Waals surface area (Å²) >= 11 is 1.52. The van der Waals surface area contributed by atoms with Crippen LogP contribution in [0.15, 0.2) is 70.0 Å². The molecule has 0 fully saturated rings. The molecule has 0 spiro atoms. The van der Waals surface area contributed by atoms with Crippen LogP contribution in [0, 0.1) is 5.82 Å². The Morgan fingerprint density at radius 2 is 1.84 bits per heavy atom. The average Bonchev–Trinajstić information content (AvgIpc) is 3.39. The van der Waals surface area contributed by atoms with Gasteiger partial charge in [-0.15, -0.1) is 11.3 Å². The number of carbonyl (C=O) groups excluding carboxylic acids is 1. The maximum atomic E-state index is 13.7. The fourth-order valence-electron chi connectivity index (χ4n) is 2.88. The number of sulfonamides is 1. The first-order valence-electron chi connectivity index (χ1n) is 9.38. The second-order valence-electron chi connectivity index (χ2n) is 6.61. The average molecular weight is 460 g/mol. The van der Waals surface area contributed by atoms with Crippen molar-refractivity contribution in [2.45, 2.75) is 17.9 Å². The number of carbonyl (C=O) groups is 1. The minimum absolute atomic E-state index is 0.0981. The Balaban J connectivity index is 1.28. The van der Waals surface area contributed by atoms with Gasteiger partial charge in [-0.1, -0.05) is 24.3 Å². The van der Waals surface area contributed by atoms with Crippen molar-refractivity contribution in [3.63, 3.8) is 0 Å². The molecule has 2 aromatic heterocycles. The number of benzene rings is 2. The van der Waals surface area contributed by atoms with Crippen LogP contribution in [0.25, 0.3) is 21.0 Å². The molecule has 0 aliphatic carbocycles. The Hall–Kier alpha value is -3.08. The van der Waals surface area contributed by atoms with Gasteiger partial charge in [-0.25, -0.2) is 22.5 Å². The maximum Gasteiger partial charge on any atom is 0.243 e. The van der Waals surface area contributed by atoms with Gasteiger partial charge in [0.2, 0.25) is 15.9 Å². The molecule has 4 rings (SSSR count). The largest absolute Gasteiger partial charge is 0.457 e. The molecule has 1 amide bonds. The molecule has 2 N–H and O–H groups in total. The van der Waals surface area contributed by atoms with E-state index in [4.69, 9.17) is 4.42 Å². The number of amides is 1. The molecule has 0 atom stereocenters. The van der Waals surface area contributed by atoms with Gasteiger partial charge in [-0.2, -0.15) is 0 Å². The Morgan fingerprint density at radius 3 is 2.65 bits per heavy atom. The highest BCUT2D eigenvalue weighted by Crippen LogP contribution is 2.31. The summed E-state index contributed by atoms with van der Waals surface area (Å²) in [6.07, 6.45) is -0.0981. The first-order valence-corrected chi connectivity index (χ1v) is 11.7. The van der Waals surface area contributed by atoms with Crippen LogP contribution in [0.3, 0.4) is 0 Å². The molecule has 10 heteroatoms. The molecule has 0 bridgehead atoms. The van der Waals surface area contributed by atoms with Crippen LogP contribution in [0.4, 0.5) is 4.39 Å². The number of hydrogen-bond donors (Lipinski definition) is 2. The monoisotopic (exact) mass is 459 g/mol. The van der Waals surface area contributed by atoms with Crippen LogP contribution in [-0.4, -0.2) is 25.9 Å². The molecule has 0 radical (unpaired) electrons. The van der Waals surface area contributed by atoms with E-state index in [1.54, 1.807) is 12.1 Å². The van der Waals surface area contributed by atoms with Gasteiger partial charge in [0, 0.05) is 13.0 Å². The van der Waals surface area contributed by atoms with Crippen molar-refractivity contribution in [3.05, 3.63) is 72.2 Å².